The fourth-order valence-corrected chi connectivity index (χ4v) is 4.53. The molecule has 0 saturated carbocycles. The number of rotatable bonds is 6. The van der Waals surface area contributed by atoms with Crippen molar-refractivity contribution < 1.29 is 4.79 Å². The summed E-state index contributed by atoms with van der Waals surface area (Å²) in [5.41, 5.74) is 3.94. The molecular formula is C24H32N6O2. The zero-order chi connectivity index (χ0) is 22.8. The fraction of sp³-hybridized carbons (Fsp3) is 0.500. The van der Waals surface area contributed by atoms with E-state index in [2.05, 4.69) is 32.2 Å². The van der Waals surface area contributed by atoms with Crippen LogP contribution in [-0.2, 0) is 24.8 Å². The quantitative estimate of drug-likeness (QED) is 0.619. The molecule has 0 radical (unpaired) electrons. The number of carbonyl (C=O) groups excluding carboxylic acids is 1. The fourth-order valence-electron chi connectivity index (χ4n) is 4.53. The van der Waals surface area contributed by atoms with E-state index < -0.39 is 0 Å². The highest BCUT2D eigenvalue weighted by atomic mass is 16.1. The normalized spacial score (nSPS) is 14.8. The number of aryl methyl sites for hydroxylation is 3. The maximum atomic E-state index is 12.5. The van der Waals surface area contributed by atoms with Gasteiger partial charge in [0, 0.05) is 50.2 Å². The summed E-state index contributed by atoms with van der Waals surface area (Å²) in [7, 11) is 1.81. The summed E-state index contributed by atoms with van der Waals surface area (Å²) in [5.74, 6) is 1.71. The van der Waals surface area contributed by atoms with Crippen LogP contribution in [0.25, 0.3) is 11.0 Å². The van der Waals surface area contributed by atoms with Crippen molar-refractivity contribution in [3.8, 4) is 0 Å². The molecule has 1 aliphatic heterocycles. The highest BCUT2D eigenvalue weighted by molar-refractivity contribution is 5.83. The minimum Gasteiger partial charge on any atom is -0.357 e. The molecule has 2 N–H and O–H groups in total. The van der Waals surface area contributed by atoms with Gasteiger partial charge in [0.25, 0.3) is 5.56 Å². The van der Waals surface area contributed by atoms with Gasteiger partial charge in [-0.15, -0.1) is 0 Å². The lowest BCUT2D eigenvalue weighted by Crippen LogP contribution is -2.33. The van der Waals surface area contributed by atoms with E-state index in [1.54, 1.807) is 4.68 Å². The van der Waals surface area contributed by atoms with Gasteiger partial charge < -0.3 is 15.2 Å². The predicted octanol–water partition coefficient (Wildman–Crippen LogP) is 2.76. The molecule has 0 unspecified atom stereocenters. The Labute approximate surface area is 188 Å². The lowest BCUT2D eigenvalue weighted by atomic mass is 9.99. The first-order valence-corrected chi connectivity index (χ1v) is 11.3. The number of aromatic amines is 1. The van der Waals surface area contributed by atoms with Crippen LogP contribution in [0.15, 0.2) is 23.1 Å². The molecule has 0 atom stereocenters. The zero-order valence-corrected chi connectivity index (χ0v) is 19.4. The number of amides is 1. The lowest BCUT2D eigenvalue weighted by molar-refractivity contribution is -0.121. The highest BCUT2D eigenvalue weighted by Crippen LogP contribution is 2.22. The SMILES string of the molecule is Cc1nn(C)c2[nH]c(=O)c(CCC(=O)NCc3ccc(N4CCC(C)CC4)nc3)c(C)c12. The summed E-state index contributed by atoms with van der Waals surface area (Å²) < 4.78 is 1.68. The molecule has 8 nitrogen and oxygen atoms in total. The number of nitrogens with zero attached hydrogens (tertiary/aromatic N) is 4. The van der Waals surface area contributed by atoms with Gasteiger partial charge in [0.05, 0.1) is 5.69 Å². The van der Waals surface area contributed by atoms with E-state index in [0.29, 0.717) is 24.2 Å². The Balaban J connectivity index is 1.33. The number of carbonyl (C=O) groups is 1. The van der Waals surface area contributed by atoms with E-state index in [1.165, 1.54) is 12.8 Å². The molecule has 8 heteroatoms. The Morgan fingerprint density at radius 1 is 1.25 bits per heavy atom. The molecule has 0 aromatic carbocycles. The topological polar surface area (TPSA) is 95.9 Å². The van der Waals surface area contributed by atoms with E-state index in [4.69, 9.17) is 0 Å². The summed E-state index contributed by atoms with van der Waals surface area (Å²) in [5, 5.41) is 8.29. The first kappa shape index (κ1) is 22.0. The van der Waals surface area contributed by atoms with Crippen LogP contribution in [-0.4, -0.2) is 38.7 Å². The molecule has 0 bridgehead atoms. The molecule has 3 aromatic heterocycles. The van der Waals surface area contributed by atoms with E-state index in [0.717, 1.165) is 47.0 Å². The van der Waals surface area contributed by atoms with Gasteiger partial charge in [0.15, 0.2) is 0 Å². The highest BCUT2D eigenvalue weighted by Gasteiger charge is 2.17. The summed E-state index contributed by atoms with van der Waals surface area (Å²) in [4.78, 5) is 34.8. The van der Waals surface area contributed by atoms with Crippen molar-refractivity contribution in [1.29, 1.82) is 0 Å². The predicted molar refractivity (Wildman–Crippen MR) is 126 cm³/mol. The molecule has 4 heterocycles. The number of piperidine rings is 1. The molecule has 0 spiro atoms. The molecule has 1 aliphatic rings. The number of nitrogens with one attached hydrogen (secondary N) is 2. The van der Waals surface area contributed by atoms with Crippen molar-refractivity contribution in [2.45, 2.75) is 53.0 Å². The van der Waals surface area contributed by atoms with E-state index in [9.17, 15) is 9.59 Å². The van der Waals surface area contributed by atoms with Crippen LogP contribution in [0.3, 0.4) is 0 Å². The molecule has 170 valence electrons. The zero-order valence-electron chi connectivity index (χ0n) is 19.4. The summed E-state index contributed by atoms with van der Waals surface area (Å²) in [6, 6.07) is 4.06. The van der Waals surface area contributed by atoms with Gasteiger partial charge in [-0.05, 0) is 56.2 Å². The molecule has 1 amide bonds. The van der Waals surface area contributed by atoms with Crippen molar-refractivity contribution in [2.24, 2.45) is 13.0 Å². The van der Waals surface area contributed by atoms with Crippen LogP contribution >= 0.6 is 0 Å². The molecule has 3 aromatic rings. The van der Waals surface area contributed by atoms with Crippen molar-refractivity contribution in [1.82, 2.24) is 25.1 Å². The number of hydrogen-bond donors (Lipinski definition) is 2. The first-order chi connectivity index (χ1) is 15.3. The molecule has 32 heavy (non-hydrogen) atoms. The number of anilines is 1. The second-order valence-electron chi connectivity index (χ2n) is 8.96. The Morgan fingerprint density at radius 2 is 2.00 bits per heavy atom. The number of pyridine rings is 2. The van der Waals surface area contributed by atoms with Crippen LogP contribution in [0, 0.1) is 19.8 Å². The maximum Gasteiger partial charge on any atom is 0.253 e. The Bertz CT molecular complexity index is 1170. The van der Waals surface area contributed by atoms with E-state index in [1.807, 2.05) is 39.2 Å². The molecule has 0 aliphatic carbocycles. The number of H-pyrrole nitrogens is 1. The van der Waals surface area contributed by atoms with E-state index >= 15 is 0 Å². The second-order valence-corrected chi connectivity index (χ2v) is 8.96. The minimum absolute atomic E-state index is 0.0825. The van der Waals surface area contributed by atoms with Crippen LogP contribution in [0.1, 0.15) is 48.6 Å². The monoisotopic (exact) mass is 436 g/mol. The van der Waals surface area contributed by atoms with Gasteiger partial charge >= 0.3 is 0 Å². The van der Waals surface area contributed by atoms with Gasteiger partial charge in [-0.3, -0.25) is 14.3 Å². The van der Waals surface area contributed by atoms with Crippen LogP contribution < -0.4 is 15.8 Å². The molecular weight excluding hydrogens is 404 g/mol. The minimum atomic E-state index is -0.155. The first-order valence-electron chi connectivity index (χ1n) is 11.3. The van der Waals surface area contributed by atoms with Crippen LogP contribution in [0.4, 0.5) is 5.82 Å². The van der Waals surface area contributed by atoms with Crippen LogP contribution in [0.5, 0.6) is 0 Å². The number of fused-ring (bicyclic) bond motifs is 1. The average Bonchev–Trinajstić information content (AvgIpc) is 3.06. The van der Waals surface area contributed by atoms with Crippen molar-refractivity contribution >= 4 is 22.8 Å². The Hall–Kier alpha value is -3.16. The lowest BCUT2D eigenvalue weighted by Gasteiger charge is -2.31. The van der Waals surface area contributed by atoms with Crippen LogP contribution in [0.2, 0.25) is 0 Å². The summed E-state index contributed by atoms with van der Waals surface area (Å²) in [6.45, 7) is 8.68. The van der Waals surface area contributed by atoms with Crippen molar-refractivity contribution in [3.05, 3.63) is 51.1 Å². The number of aromatic nitrogens is 4. The maximum absolute atomic E-state index is 12.5. The van der Waals surface area contributed by atoms with Gasteiger partial charge in [-0.2, -0.15) is 5.10 Å². The second kappa shape index (κ2) is 9.14. The average molecular weight is 437 g/mol. The molecule has 1 fully saturated rings. The summed E-state index contributed by atoms with van der Waals surface area (Å²) in [6.07, 6.45) is 4.89. The van der Waals surface area contributed by atoms with Gasteiger partial charge in [0.1, 0.15) is 11.5 Å². The van der Waals surface area contributed by atoms with Crippen molar-refractivity contribution in [2.75, 3.05) is 18.0 Å². The molecule has 4 rings (SSSR count). The third kappa shape index (κ3) is 4.54. The largest absolute Gasteiger partial charge is 0.357 e. The Morgan fingerprint density at radius 3 is 2.69 bits per heavy atom. The van der Waals surface area contributed by atoms with E-state index in [-0.39, 0.29) is 17.9 Å². The van der Waals surface area contributed by atoms with Gasteiger partial charge in [-0.25, -0.2) is 4.98 Å². The van der Waals surface area contributed by atoms with Gasteiger partial charge in [0.2, 0.25) is 5.91 Å². The Kier molecular flexibility index (Phi) is 6.30. The number of hydrogen-bond acceptors (Lipinski definition) is 5. The third-order valence-corrected chi connectivity index (χ3v) is 6.56. The smallest absolute Gasteiger partial charge is 0.253 e. The van der Waals surface area contributed by atoms with Gasteiger partial charge in [-0.1, -0.05) is 13.0 Å². The summed E-state index contributed by atoms with van der Waals surface area (Å²) >= 11 is 0. The third-order valence-electron chi connectivity index (χ3n) is 6.56. The standard InChI is InChI=1S/C24H32N6O2/c1-15-9-11-30(12-10-15)20-7-5-18(13-25-20)14-26-21(31)8-6-19-16(2)22-17(3)28-29(4)23(22)27-24(19)32/h5,7,13,15H,6,8-12,14H2,1-4H3,(H,26,31)(H,27,32). The molecule has 1 saturated heterocycles. The van der Waals surface area contributed by atoms with Crippen molar-refractivity contribution in [3.63, 3.8) is 0 Å².